The molecule has 11 heteroatoms. The second-order valence-corrected chi connectivity index (χ2v) is 8.73. The zero-order valence-electron chi connectivity index (χ0n) is 20.6. The van der Waals surface area contributed by atoms with Crippen molar-refractivity contribution in [3.8, 4) is 5.75 Å². The van der Waals surface area contributed by atoms with Gasteiger partial charge in [-0.3, -0.25) is 9.78 Å². The highest BCUT2D eigenvalue weighted by Gasteiger charge is 2.22. The maximum Gasteiger partial charge on any atom is 0.203 e. The van der Waals surface area contributed by atoms with Crippen molar-refractivity contribution in [1.82, 2.24) is 20.0 Å². The molecule has 0 aliphatic carbocycles. The zero-order valence-corrected chi connectivity index (χ0v) is 20.6. The van der Waals surface area contributed by atoms with Crippen LogP contribution in [0.15, 0.2) is 48.8 Å². The molecule has 4 rings (SSSR count). The first-order valence-corrected chi connectivity index (χ1v) is 11.5. The van der Waals surface area contributed by atoms with E-state index in [9.17, 15) is 22.4 Å². The molecule has 2 aromatic heterocycles. The molecule has 0 radical (unpaired) electrons. The number of carbonyl (C=O) groups excluding carboxylic acids is 1. The van der Waals surface area contributed by atoms with Gasteiger partial charge >= 0.3 is 0 Å². The number of pyridine rings is 1. The van der Waals surface area contributed by atoms with Crippen molar-refractivity contribution < 1.29 is 27.1 Å². The second-order valence-electron chi connectivity index (χ2n) is 8.73. The van der Waals surface area contributed by atoms with Crippen molar-refractivity contribution in [2.45, 2.75) is 39.8 Å². The fourth-order valence-electron chi connectivity index (χ4n) is 3.25. The molecule has 4 aromatic rings. The van der Waals surface area contributed by atoms with Crippen LogP contribution in [0.5, 0.6) is 5.75 Å². The summed E-state index contributed by atoms with van der Waals surface area (Å²) < 4.78 is 58.9. The largest absolute Gasteiger partial charge is 0.479 e. The summed E-state index contributed by atoms with van der Waals surface area (Å²) in [7, 11) is 0. The number of Topliss-reactive ketones (excluding diaryl/α,β-unsaturated/α-hetero) is 1. The highest BCUT2D eigenvalue weighted by molar-refractivity contribution is 5.79. The zero-order chi connectivity index (χ0) is 27.1. The van der Waals surface area contributed by atoms with E-state index in [1.807, 2.05) is 45.0 Å². The molecule has 37 heavy (non-hydrogen) atoms. The van der Waals surface area contributed by atoms with Gasteiger partial charge in [-0.1, -0.05) is 38.1 Å². The first-order valence-electron chi connectivity index (χ1n) is 11.5. The molecule has 1 unspecified atom stereocenters. The van der Waals surface area contributed by atoms with Gasteiger partial charge in [0.2, 0.25) is 11.6 Å². The Bertz CT molecular complexity index is 1350. The number of nitrogens with zero attached hydrogens (tertiary/aromatic N) is 4. The fraction of sp³-hybridized carbons (Fsp3) is 0.308. The number of hydrogen-bond donors (Lipinski definition) is 1. The predicted molar refractivity (Wildman–Crippen MR) is 130 cm³/mol. The van der Waals surface area contributed by atoms with Gasteiger partial charge < -0.3 is 10.5 Å². The van der Waals surface area contributed by atoms with Crippen molar-refractivity contribution in [2.24, 2.45) is 11.7 Å². The van der Waals surface area contributed by atoms with E-state index in [0.717, 1.165) is 16.5 Å². The summed E-state index contributed by atoms with van der Waals surface area (Å²) in [5, 5.41) is 8.91. The predicted octanol–water partition coefficient (Wildman–Crippen LogP) is 4.94. The molecule has 0 aliphatic rings. The molecule has 0 saturated carbocycles. The monoisotopic (exact) mass is 517 g/mol. The maximum atomic E-state index is 13.4. The third-order valence-corrected chi connectivity index (χ3v) is 5.71. The lowest BCUT2D eigenvalue weighted by atomic mass is 9.95. The number of nitrogens with two attached hydrogens (primary N) is 1. The molecule has 0 aliphatic heterocycles. The van der Waals surface area contributed by atoms with E-state index < -0.39 is 41.4 Å². The summed E-state index contributed by atoms with van der Waals surface area (Å²) in [5.41, 5.74) is 8.39. The normalized spacial score (nSPS) is 11.8. The third kappa shape index (κ3) is 7.10. The average Bonchev–Trinajstić information content (AvgIpc) is 3.35. The first kappa shape index (κ1) is 27.7. The van der Waals surface area contributed by atoms with Crippen LogP contribution >= 0.6 is 0 Å². The summed E-state index contributed by atoms with van der Waals surface area (Å²) in [5.74, 6) is -8.00. The number of hydrogen-bond acceptors (Lipinski definition) is 6. The Morgan fingerprint density at radius 3 is 2.41 bits per heavy atom. The van der Waals surface area contributed by atoms with E-state index in [-0.39, 0.29) is 18.5 Å². The Hall–Kier alpha value is -3.86. The van der Waals surface area contributed by atoms with Gasteiger partial charge in [0, 0.05) is 36.3 Å². The van der Waals surface area contributed by atoms with Gasteiger partial charge in [0.1, 0.15) is 13.2 Å². The van der Waals surface area contributed by atoms with E-state index >= 15 is 0 Å². The van der Waals surface area contributed by atoms with Crippen LogP contribution in [0.25, 0.3) is 10.9 Å². The molecular weight excluding hydrogens is 490 g/mol. The molecule has 2 heterocycles. The van der Waals surface area contributed by atoms with Gasteiger partial charge in [-0.05, 0) is 29.7 Å². The van der Waals surface area contributed by atoms with E-state index in [4.69, 9.17) is 5.73 Å². The van der Waals surface area contributed by atoms with Crippen LogP contribution in [0.3, 0.4) is 0 Å². The average molecular weight is 518 g/mol. The summed E-state index contributed by atoms with van der Waals surface area (Å²) in [4.78, 5) is 16.1. The highest BCUT2D eigenvalue weighted by atomic mass is 19.2. The molecule has 2 N–H and O–H groups in total. The number of rotatable bonds is 8. The van der Waals surface area contributed by atoms with Gasteiger partial charge in [0.05, 0.1) is 11.2 Å². The Labute approximate surface area is 211 Å². The van der Waals surface area contributed by atoms with E-state index in [2.05, 4.69) is 26.1 Å². The van der Waals surface area contributed by atoms with Crippen molar-refractivity contribution in [1.29, 1.82) is 0 Å². The summed E-state index contributed by atoms with van der Waals surface area (Å²) in [6.07, 6.45) is 3.38. The number of fused-ring (bicyclic) bond motifs is 1. The van der Waals surface area contributed by atoms with Crippen LogP contribution in [0, 0.1) is 29.2 Å². The minimum atomic E-state index is -1.69. The topological polar surface area (TPSA) is 95.9 Å². The quantitative estimate of drug-likeness (QED) is 0.263. The summed E-state index contributed by atoms with van der Waals surface area (Å²) in [6, 6.07) is 10.1. The Balaban J connectivity index is 0.000000262. The molecule has 0 amide bonds. The van der Waals surface area contributed by atoms with Gasteiger partial charge in [-0.25, -0.2) is 13.5 Å². The number of ether oxygens (including phenoxy) is 1. The standard InChI is InChI=1S/C16H17F4N3O2.C10H10N2/c1-8(2)9(3)13-6-23(22-21-13)5-10(24)7-25-16-14(19)11(17)4-12(18)15(16)20;11-7-8-3-4-10-9(6-8)2-1-5-12-10/h4,6,8-9H,5,7H2,1-3H3;1-6H,7,11H2. The molecule has 0 saturated heterocycles. The number of halogens is 4. The highest BCUT2D eigenvalue weighted by Crippen LogP contribution is 2.26. The Morgan fingerprint density at radius 1 is 1.05 bits per heavy atom. The minimum Gasteiger partial charge on any atom is -0.479 e. The van der Waals surface area contributed by atoms with Crippen LogP contribution in [0.2, 0.25) is 0 Å². The lowest BCUT2D eigenvalue weighted by Gasteiger charge is -2.11. The Morgan fingerprint density at radius 2 is 1.76 bits per heavy atom. The van der Waals surface area contributed by atoms with Crippen molar-refractivity contribution in [3.05, 3.63) is 83.3 Å². The van der Waals surface area contributed by atoms with E-state index in [0.29, 0.717) is 18.2 Å². The smallest absolute Gasteiger partial charge is 0.203 e. The molecule has 2 aromatic carbocycles. The van der Waals surface area contributed by atoms with Crippen LogP contribution < -0.4 is 10.5 Å². The lowest BCUT2D eigenvalue weighted by Crippen LogP contribution is -2.19. The molecule has 7 nitrogen and oxygen atoms in total. The maximum absolute atomic E-state index is 13.4. The summed E-state index contributed by atoms with van der Waals surface area (Å²) >= 11 is 0. The van der Waals surface area contributed by atoms with Crippen molar-refractivity contribution in [3.63, 3.8) is 0 Å². The van der Waals surface area contributed by atoms with Crippen LogP contribution in [-0.4, -0.2) is 32.4 Å². The molecule has 196 valence electrons. The second kappa shape index (κ2) is 12.4. The molecular formula is C26H27F4N5O2. The number of aromatic nitrogens is 4. The van der Waals surface area contributed by atoms with Gasteiger partial charge in [-0.2, -0.15) is 8.78 Å². The van der Waals surface area contributed by atoms with E-state index in [1.54, 1.807) is 12.4 Å². The number of ketones is 1. The SMILES string of the molecule is CC(C)C(C)c1cn(CC(=O)COc2c(F)c(F)cc(F)c2F)nn1.NCc1ccc2ncccc2c1. The van der Waals surface area contributed by atoms with Gasteiger partial charge in [0.25, 0.3) is 0 Å². The van der Waals surface area contributed by atoms with Crippen LogP contribution in [0.1, 0.15) is 37.9 Å². The van der Waals surface area contributed by atoms with Gasteiger partial charge in [0.15, 0.2) is 23.2 Å². The number of benzene rings is 2. The number of carbonyl (C=O) groups is 1. The van der Waals surface area contributed by atoms with E-state index in [1.165, 1.54) is 4.68 Å². The molecule has 1 atom stereocenters. The van der Waals surface area contributed by atoms with Crippen molar-refractivity contribution in [2.75, 3.05) is 6.61 Å². The Kier molecular flexibility index (Phi) is 9.29. The fourth-order valence-corrected chi connectivity index (χ4v) is 3.25. The molecule has 0 fully saturated rings. The van der Waals surface area contributed by atoms with Crippen LogP contribution in [-0.2, 0) is 17.9 Å². The first-order chi connectivity index (χ1) is 17.6. The molecule has 0 bridgehead atoms. The molecule has 0 spiro atoms. The van der Waals surface area contributed by atoms with Crippen molar-refractivity contribution >= 4 is 16.7 Å². The lowest BCUT2D eigenvalue weighted by molar-refractivity contribution is -0.121. The van der Waals surface area contributed by atoms with Crippen LogP contribution in [0.4, 0.5) is 17.6 Å². The summed E-state index contributed by atoms with van der Waals surface area (Å²) in [6.45, 7) is 5.57. The van der Waals surface area contributed by atoms with Gasteiger partial charge in [-0.15, -0.1) is 5.10 Å². The minimum absolute atomic E-state index is 0.0617. The third-order valence-electron chi connectivity index (χ3n) is 5.71.